The first-order valence-corrected chi connectivity index (χ1v) is 10.7. The maximum Gasteiger partial charge on any atom is 0.416 e. The molecule has 1 aromatic heterocycles. The van der Waals surface area contributed by atoms with E-state index in [2.05, 4.69) is 10.2 Å². The van der Waals surface area contributed by atoms with Crippen molar-refractivity contribution in [3.05, 3.63) is 52.7 Å². The average Bonchev–Trinajstić information content (AvgIpc) is 3.61. The van der Waals surface area contributed by atoms with Gasteiger partial charge in [-0.05, 0) is 49.8 Å². The Hall–Kier alpha value is -2.67. The number of piperidine rings is 1. The number of aryl methyl sites for hydroxylation is 1. The molecule has 0 unspecified atom stereocenters. The number of carbonyl (C=O) groups is 2. The summed E-state index contributed by atoms with van der Waals surface area (Å²) in [4.78, 5) is 29.1. The number of aromatic nitrogens is 2. The van der Waals surface area contributed by atoms with Crippen LogP contribution in [-0.2, 0) is 16.1 Å². The van der Waals surface area contributed by atoms with Gasteiger partial charge in [-0.3, -0.25) is 9.69 Å². The third-order valence-corrected chi connectivity index (χ3v) is 5.93. The van der Waals surface area contributed by atoms with Gasteiger partial charge in [0, 0.05) is 19.0 Å². The topological polar surface area (TPSA) is 75.6 Å². The summed E-state index contributed by atoms with van der Waals surface area (Å²) >= 11 is 6.04. The van der Waals surface area contributed by atoms with Crippen molar-refractivity contribution in [1.82, 2.24) is 15.1 Å². The van der Waals surface area contributed by atoms with E-state index in [0.717, 1.165) is 43.4 Å². The molecule has 4 rings (SSSR count). The number of hydrogen-bond donors (Lipinski definition) is 0. The van der Waals surface area contributed by atoms with Crippen LogP contribution in [0.1, 0.15) is 36.8 Å². The molecule has 1 saturated carbocycles. The fraction of sp³-hybridized carbons (Fsp3) is 0.455. The van der Waals surface area contributed by atoms with Gasteiger partial charge in [-0.2, -0.15) is 0 Å². The minimum atomic E-state index is -0.499. The van der Waals surface area contributed by atoms with Crippen molar-refractivity contribution in [1.29, 1.82) is 0 Å². The lowest BCUT2D eigenvalue weighted by atomic mass is 10.0. The Bertz CT molecular complexity index is 920. The summed E-state index contributed by atoms with van der Waals surface area (Å²) < 4.78 is 5.61. The van der Waals surface area contributed by atoms with Crippen LogP contribution < -0.4 is 4.90 Å². The highest BCUT2D eigenvalue weighted by Crippen LogP contribution is 2.33. The molecule has 2 amide bonds. The van der Waals surface area contributed by atoms with Gasteiger partial charge >= 0.3 is 6.09 Å². The van der Waals surface area contributed by atoms with Gasteiger partial charge in [-0.1, -0.05) is 41.9 Å². The van der Waals surface area contributed by atoms with Crippen molar-refractivity contribution in [2.24, 2.45) is 5.92 Å². The summed E-state index contributed by atoms with van der Waals surface area (Å²) in [6.45, 7) is 3.18. The van der Waals surface area contributed by atoms with Crippen molar-refractivity contribution in [2.45, 2.75) is 45.3 Å². The number of anilines is 1. The molecular formula is C22H25ClN4O3. The standard InChI is InChI=1S/C22H25ClN4O3/c1-15-12-19(24-25-20(15)23)27(22(29)30-14-16-6-3-2-4-7-16)18-8-5-11-26(13-18)21(28)17-9-10-17/h2-4,6-7,12,17-18H,5,8-11,13-14H2,1H3/t18-/m1/s1. The summed E-state index contributed by atoms with van der Waals surface area (Å²) in [5.74, 6) is 0.733. The maximum atomic E-state index is 13.1. The third kappa shape index (κ3) is 4.73. The number of carbonyl (C=O) groups excluding carboxylic acids is 2. The molecule has 158 valence electrons. The fourth-order valence-electron chi connectivity index (χ4n) is 3.75. The molecule has 7 nitrogen and oxygen atoms in total. The number of rotatable bonds is 5. The Morgan fingerprint density at radius 2 is 1.97 bits per heavy atom. The first-order chi connectivity index (χ1) is 14.5. The molecule has 0 bridgehead atoms. The second kappa shape index (κ2) is 9.00. The lowest BCUT2D eigenvalue weighted by Gasteiger charge is -2.38. The summed E-state index contributed by atoms with van der Waals surface area (Å²) in [6.07, 6.45) is 3.01. The number of amides is 2. The number of benzene rings is 1. The van der Waals surface area contributed by atoms with Crippen molar-refractivity contribution in [3.8, 4) is 0 Å². The molecule has 2 heterocycles. The zero-order valence-electron chi connectivity index (χ0n) is 17.0. The Balaban J connectivity index is 1.55. The van der Waals surface area contributed by atoms with Gasteiger partial charge in [0.15, 0.2) is 11.0 Å². The molecular weight excluding hydrogens is 404 g/mol. The van der Waals surface area contributed by atoms with Crippen LogP contribution in [0.15, 0.2) is 36.4 Å². The predicted molar refractivity (Wildman–Crippen MR) is 113 cm³/mol. The van der Waals surface area contributed by atoms with E-state index in [1.165, 1.54) is 4.90 Å². The van der Waals surface area contributed by atoms with Gasteiger partial charge in [0.25, 0.3) is 0 Å². The second-order valence-corrected chi connectivity index (χ2v) is 8.30. The number of halogens is 1. The van der Waals surface area contributed by atoms with E-state index in [1.807, 2.05) is 42.2 Å². The van der Waals surface area contributed by atoms with Crippen molar-refractivity contribution < 1.29 is 14.3 Å². The van der Waals surface area contributed by atoms with Gasteiger partial charge in [0.05, 0.1) is 6.04 Å². The molecule has 2 fully saturated rings. The van der Waals surface area contributed by atoms with Crippen LogP contribution in [-0.4, -0.2) is 46.2 Å². The third-order valence-electron chi connectivity index (χ3n) is 5.56. The smallest absolute Gasteiger partial charge is 0.416 e. The van der Waals surface area contributed by atoms with E-state index in [-0.39, 0.29) is 24.5 Å². The molecule has 2 aromatic rings. The Labute approximate surface area is 181 Å². The summed E-state index contributed by atoms with van der Waals surface area (Å²) in [5, 5.41) is 8.42. The lowest BCUT2D eigenvalue weighted by molar-refractivity contribution is -0.133. The van der Waals surface area contributed by atoms with Gasteiger partial charge in [-0.25, -0.2) is 4.79 Å². The zero-order valence-corrected chi connectivity index (χ0v) is 17.7. The SMILES string of the molecule is Cc1cc(N(C(=O)OCc2ccccc2)[C@@H]2CCCN(C(=O)C3CC3)C2)nnc1Cl. The zero-order chi connectivity index (χ0) is 21.1. The largest absolute Gasteiger partial charge is 0.444 e. The Kier molecular flexibility index (Phi) is 6.18. The average molecular weight is 429 g/mol. The minimum absolute atomic E-state index is 0.153. The molecule has 1 atom stereocenters. The fourth-order valence-corrected chi connectivity index (χ4v) is 3.84. The van der Waals surface area contributed by atoms with Gasteiger partial charge in [-0.15, -0.1) is 10.2 Å². The molecule has 1 aliphatic heterocycles. The van der Waals surface area contributed by atoms with Gasteiger partial charge < -0.3 is 9.64 Å². The van der Waals surface area contributed by atoms with Crippen LogP contribution in [0.3, 0.4) is 0 Å². The van der Waals surface area contributed by atoms with Crippen molar-refractivity contribution in [2.75, 3.05) is 18.0 Å². The van der Waals surface area contributed by atoms with E-state index >= 15 is 0 Å². The van der Waals surface area contributed by atoms with E-state index in [0.29, 0.717) is 17.5 Å². The monoisotopic (exact) mass is 428 g/mol. The van der Waals surface area contributed by atoms with E-state index in [1.54, 1.807) is 6.07 Å². The predicted octanol–water partition coefficient (Wildman–Crippen LogP) is 3.98. The van der Waals surface area contributed by atoms with Crippen LogP contribution in [0.4, 0.5) is 10.6 Å². The van der Waals surface area contributed by atoms with E-state index in [4.69, 9.17) is 16.3 Å². The molecule has 0 radical (unpaired) electrons. The highest BCUT2D eigenvalue weighted by atomic mass is 35.5. The molecule has 1 saturated heterocycles. The first-order valence-electron chi connectivity index (χ1n) is 10.3. The molecule has 30 heavy (non-hydrogen) atoms. The lowest BCUT2D eigenvalue weighted by Crippen LogP contribution is -2.52. The normalized spacial score (nSPS) is 18.7. The quantitative estimate of drug-likeness (QED) is 0.719. The Morgan fingerprint density at radius 1 is 1.20 bits per heavy atom. The molecule has 1 aromatic carbocycles. The highest BCUT2D eigenvalue weighted by molar-refractivity contribution is 6.30. The molecule has 1 aliphatic carbocycles. The van der Waals surface area contributed by atoms with Crippen molar-refractivity contribution in [3.63, 3.8) is 0 Å². The van der Waals surface area contributed by atoms with Crippen LogP contribution in [0.2, 0.25) is 5.15 Å². The molecule has 8 heteroatoms. The molecule has 2 aliphatic rings. The van der Waals surface area contributed by atoms with Crippen molar-refractivity contribution >= 4 is 29.4 Å². The van der Waals surface area contributed by atoms with Crippen LogP contribution in [0.25, 0.3) is 0 Å². The van der Waals surface area contributed by atoms with E-state index in [9.17, 15) is 9.59 Å². The summed E-state index contributed by atoms with van der Waals surface area (Å²) in [6, 6.07) is 11.0. The van der Waals surface area contributed by atoms with E-state index < -0.39 is 6.09 Å². The second-order valence-electron chi connectivity index (χ2n) is 7.94. The molecule has 0 spiro atoms. The number of nitrogens with zero attached hydrogens (tertiary/aromatic N) is 4. The minimum Gasteiger partial charge on any atom is -0.444 e. The van der Waals surface area contributed by atoms with Crippen LogP contribution in [0, 0.1) is 12.8 Å². The van der Waals surface area contributed by atoms with Crippen LogP contribution in [0.5, 0.6) is 0 Å². The summed E-state index contributed by atoms with van der Waals surface area (Å²) in [7, 11) is 0. The Morgan fingerprint density at radius 3 is 2.67 bits per heavy atom. The van der Waals surface area contributed by atoms with Crippen LogP contribution >= 0.6 is 11.6 Å². The number of hydrogen-bond acceptors (Lipinski definition) is 5. The highest BCUT2D eigenvalue weighted by Gasteiger charge is 2.38. The maximum absolute atomic E-state index is 13.1. The molecule has 0 N–H and O–H groups in total. The van der Waals surface area contributed by atoms with Gasteiger partial charge in [0.1, 0.15) is 6.61 Å². The number of likely N-dealkylation sites (tertiary alicyclic amines) is 1. The summed E-state index contributed by atoms with van der Waals surface area (Å²) in [5.41, 5.74) is 1.63. The first kappa shape index (κ1) is 20.6. The van der Waals surface area contributed by atoms with Gasteiger partial charge in [0.2, 0.25) is 5.91 Å². The number of ether oxygens (including phenoxy) is 1.